The van der Waals surface area contributed by atoms with Crippen molar-refractivity contribution >= 4 is 9.84 Å². The number of sulfone groups is 1. The van der Waals surface area contributed by atoms with Crippen LogP contribution in [0.4, 0.5) is 0 Å². The Bertz CT molecular complexity index is 301. The second-order valence-electron chi connectivity index (χ2n) is 5.21. The Morgan fingerprint density at radius 2 is 2.12 bits per heavy atom. The summed E-state index contributed by atoms with van der Waals surface area (Å²) in [7, 11) is -2.83. The Hall–Kier alpha value is -0.130. The van der Waals surface area contributed by atoms with E-state index >= 15 is 0 Å². The smallest absolute Gasteiger partial charge is 0.148 e. The number of hydrogen-bond donors (Lipinski definition) is 1. The average molecular weight is 248 g/mol. The molecule has 1 unspecified atom stereocenters. The van der Waals surface area contributed by atoms with Crippen molar-refractivity contribution in [2.24, 2.45) is 5.92 Å². The molecule has 0 amide bonds. The molecule has 1 aliphatic rings. The van der Waals surface area contributed by atoms with E-state index < -0.39 is 9.84 Å². The second kappa shape index (κ2) is 5.98. The SMILES string of the molecule is CC(C)CC1CN(CCS(C)(=O)=O)CCN1. The third-order valence-electron chi connectivity index (χ3n) is 2.87. The molecule has 0 radical (unpaired) electrons. The first-order chi connectivity index (χ1) is 7.37. The number of nitrogens with zero attached hydrogens (tertiary/aromatic N) is 1. The molecule has 1 heterocycles. The monoisotopic (exact) mass is 248 g/mol. The van der Waals surface area contributed by atoms with Gasteiger partial charge in [-0.3, -0.25) is 4.90 Å². The van der Waals surface area contributed by atoms with E-state index in [-0.39, 0.29) is 5.75 Å². The van der Waals surface area contributed by atoms with Gasteiger partial charge in [0.15, 0.2) is 0 Å². The summed E-state index contributed by atoms with van der Waals surface area (Å²) in [5.74, 6) is 0.967. The fraction of sp³-hybridized carbons (Fsp3) is 1.00. The van der Waals surface area contributed by atoms with Crippen molar-refractivity contribution in [2.45, 2.75) is 26.3 Å². The molecule has 4 nitrogen and oxygen atoms in total. The maximum absolute atomic E-state index is 11.1. The van der Waals surface area contributed by atoms with Gasteiger partial charge in [0, 0.05) is 38.5 Å². The molecule has 0 aromatic carbocycles. The summed E-state index contributed by atoms with van der Waals surface area (Å²) in [6, 6.07) is 0.522. The Kier molecular flexibility index (Phi) is 5.21. The molecule has 1 saturated heterocycles. The highest BCUT2D eigenvalue weighted by Crippen LogP contribution is 2.09. The first-order valence-electron chi connectivity index (χ1n) is 6.00. The van der Waals surface area contributed by atoms with Crippen molar-refractivity contribution in [3.05, 3.63) is 0 Å². The van der Waals surface area contributed by atoms with E-state index in [1.165, 1.54) is 6.26 Å². The highest BCUT2D eigenvalue weighted by molar-refractivity contribution is 7.90. The molecule has 0 saturated carbocycles. The average Bonchev–Trinajstić information content (AvgIpc) is 2.13. The maximum atomic E-state index is 11.1. The van der Waals surface area contributed by atoms with Gasteiger partial charge >= 0.3 is 0 Å². The predicted octanol–water partition coefficient (Wildman–Crippen LogP) is 0.351. The van der Waals surface area contributed by atoms with Crippen molar-refractivity contribution in [2.75, 3.05) is 38.2 Å². The summed E-state index contributed by atoms with van der Waals surface area (Å²) in [6.07, 6.45) is 2.47. The minimum absolute atomic E-state index is 0.279. The van der Waals surface area contributed by atoms with Gasteiger partial charge in [-0.25, -0.2) is 8.42 Å². The van der Waals surface area contributed by atoms with Gasteiger partial charge in [-0.15, -0.1) is 0 Å². The van der Waals surface area contributed by atoms with Crippen LogP contribution in [0.2, 0.25) is 0 Å². The number of hydrogen-bond acceptors (Lipinski definition) is 4. The largest absolute Gasteiger partial charge is 0.311 e. The number of nitrogens with one attached hydrogen (secondary N) is 1. The molecule has 5 heteroatoms. The van der Waals surface area contributed by atoms with Gasteiger partial charge in [-0.05, 0) is 12.3 Å². The minimum Gasteiger partial charge on any atom is -0.311 e. The van der Waals surface area contributed by atoms with Crippen LogP contribution in [0.25, 0.3) is 0 Å². The normalized spacial score (nSPS) is 23.9. The van der Waals surface area contributed by atoms with Crippen molar-refractivity contribution < 1.29 is 8.42 Å². The summed E-state index contributed by atoms with van der Waals surface area (Å²) in [6.45, 7) is 8.03. The fourth-order valence-corrected chi connectivity index (χ4v) is 2.71. The quantitative estimate of drug-likeness (QED) is 0.763. The van der Waals surface area contributed by atoms with Crippen molar-refractivity contribution in [1.29, 1.82) is 0 Å². The van der Waals surface area contributed by atoms with Crippen molar-refractivity contribution in [1.82, 2.24) is 10.2 Å². The second-order valence-corrected chi connectivity index (χ2v) is 7.47. The lowest BCUT2D eigenvalue weighted by Crippen LogP contribution is -2.51. The maximum Gasteiger partial charge on any atom is 0.148 e. The van der Waals surface area contributed by atoms with Gasteiger partial charge in [-0.1, -0.05) is 13.8 Å². The minimum atomic E-state index is -2.83. The topological polar surface area (TPSA) is 49.4 Å². The summed E-state index contributed by atoms with van der Waals surface area (Å²) in [5, 5.41) is 3.49. The van der Waals surface area contributed by atoms with Gasteiger partial charge in [0.05, 0.1) is 5.75 Å². The highest BCUT2D eigenvalue weighted by Gasteiger charge is 2.20. The van der Waals surface area contributed by atoms with E-state index in [0.717, 1.165) is 26.1 Å². The van der Waals surface area contributed by atoms with E-state index in [1.54, 1.807) is 0 Å². The van der Waals surface area contributed by atoms with Crippen LogP contribution in [0.5, 0.6) is 0 Å². The fourth-order valence-electron chi connectivity index (χ4n) is 2.12. The molecule has 1 N–H and O–H groups in total. The molecule has 0 aliphatic carbocycles. The van der Waals surface area contributed by atoms with E-state index in [4.69, 9.17) is 0 Å². The van der Waals surface area contributed by atoms with Crippen LogP contribution in [0, 0.1) is 5.92 Å². The van der Waals surface area contributed by atoms with Gasteiger partial charge in [-0.2, -0.15) is 0 Å². The van der Waals surface area contributed by atoms with Gasteiger partial charge in [0.25, 0.3) is 0 Å². The number of piperazine rings is 1. The first kappa shape index (κ1) is 13.9. The summed E-state index contributed by atoms with van der Waals surface area (Å²) in [5.41, 5.74) is 0. The standard InChI is InChI=1S/C11H24N2O2S/c1-10(2)8-11-9-13(5-4-12-11)6-7-16(3,14)15/h10-12H,4-9H2,1-3H3. The van der Waals surface area contributed by atoms with Crippen LogP contribution in [0.1, 0.15) is 20.3 Å². The molecule has 0 spiro atoms. The van der Waals surface area contributed by atoms with E-state index in [1.807, 2.05) is 0 Å². The molecule has 0 aromatic rings. The summed E-state index contributed by atoms with van der Waals surface area (Å²) in [4.78, 5) is 2.25. The summed E-state index contributed by atoms with van der Waals surface area (Å²) < 4.78 is 22.2. The van der Waals surface area contributed by atoms with Crippen LogP contribution in [-0.2, 0) is 9.84 Å². The Morgan fingerprint density at radius 1 is 1.44 bits per heavy atom. The van der Waals surface area contributed by atoms with Crippen LogP contribution < -0.4 is 5.32 Å². The highest BCUT2D eigenvalue weighted by atomic mass is 32.2. The summed E-state index contributed by atoms with van der Waals surface area (Å²) >= 11 is 0. The molecule has 1 fully saturated rings. The lowest BCUT2D eigenvalue weighted by molar-refractivity contribution is 0.195. The van der Waals surface area contributed by atoms with E-state index in [2.05, 4.69) is 24.1 Å². The van der Waals surface area contributed by atoms with E-state index in [0.29, 0.717) is 18.5 Å². The lowest BCUT2D eigenvalue weighted by Gasteiger charge is -2.34. The van der Waals surface area contributed by atoms with Crippen LogP contribution in [0.3, 0.4) is 0 Å². The van der Waals surface area contributed by atoms with Gasteiger partial charge in [0.2, 0.25) is 0 Å². The third kappa shape index (κ3) is 5.82. The van der Waals surface area contributed by atoms with Gasteiger partial charge in [0.1, 0.15) is 9.84 Å². The Morgan fingerprint density at radius 3 is 2.69 bits per heavy atom. The molecule has 0 aromatic heterocycles. The molecule has 1 atom stereocenters. The molecule has 16 heavy (non-hydrogen) atoms. The Labute approximate surface area is 99.3 Å². The third-order valence-corrected chi connectivity index (χ3v) is 3.80. The van der Waals surface area contributed by atoms with Crippen molar-refractivity contribution in [3.8, 4) is 0 Å². The zero-order chi connectivity index (χ0) is 12.2. The molecule has 0 bridgehead atoms. The molecule has 96 valence electrons. The zero-order valence-electron chi connectivity index (χ0n) is 10.6. The predicted molar refractivity (Wildman–Crippen MR) is 67.4 cm³/mol. The zero-order valence-corrected chi connectivity index (χ0v) is 11.4. The molecule has 1 aliphatic heterocycles. The molecular weight excluding hydrogens is 224 g/mol. The van der Waals surface area contributed by atoms with E-state index in [9.17, 15) is 8.42 Å². The van der Waals surface area contributed by atoms with Crippen LogP contribution >= 0.6 is 0 Å². The first-order valence-corrected chi connectivity index (χ1v) is 8.06. The van der Waals surface area contributed by atoms with Crippen molar-refractivity contribution in [3.63, 3.8) is 0 Å². The van der Waals surface area contributed by atoms with Crippen LogP contribution in [0.15, 0.2) is 0 Å². The Balaban J connectivity index is 2.33. The lowest BCUT2D eigenvalue weighted by atomic mass is 10.0. The molecule has 1 rings (SSSR count). The number of rotatable bonds is 5. The molecular formula is C11H24N2O2S. The van der Waals surface area contributed by atoms with Gasteiger partial charge < -0.3 is 5.32 Å². The van der Waals surface area contributed by atoms with Crippen LogP contribution in [-0.4, -0.2) is 57.5 Å².